The van der Waals surface area contributed by atoms with E-state index in [0.29, 0.717) is 5.56 Å². The van der Waals surface area contributed by atoms with Crippen LogP contribution in [0.25, 0.3) is 5.57 Å². The van der Waals surface area contributed by atoms with Crippen molar-refractivity contribution in [2.45, 2.75) is 32.4 Å². The van der Waals surface area contributed by atoms with Gasteiger partial charge in [-0.15, -0.1) is 0 Å². The molecule has 0 bridgehead atoms. The van der Waals surface area contributed by atoms with E-state index in [1.165, 1.54) is 0 Å². The van der Waals surface area contributed by atoms with Gasteiger partial charge >= 0.3 is 18.0 Å². The van der Waals surface area contributed by atoms with E-state index in [4.69, 9.17) is 9.47 Å². The molecule has 0 saturated carbocycles. The van der Waals surface area contributed by atoms with Gasteiger partial charge in [-0.05, 0) is 38.0 Å². The Kier molecular flexibility index (Phi) is 8.38. The van der Waals surface area contributed by atoms with Crippen LogP contribution in [0, 0.1) is 0 Å². The second-order valence-electron chi connectivity index (χ2n) is 6.89. The molecule has 0 aliphatic heterocycles. The molecule has 0 unspecified atom stereocenters. The standard InChI is InChI=1S/C22H27NO6/c1-7-19(24)28-13-18(14-29-20(25)8-2)23(21(26)27)22(5,6)17-11-9-10-16(12-17)15(3)4/h7-12,18H,1-3,13-14H2,4-6H3,(H,26,27). The maximum Gasteiger partial charge on any atom is 0.408 e. The number of amides is 1. The van der Waals surface area contributed by atoms with Gasteiger partial charge in [0.2, 0.25) is 0 Å². The molecule has 0 aromatic heterocycles. The van der Waals surface area contributed by atoms with Gasteiger partial charge in [-0.3, -0.25) is 4.90 Å². The number of hydrogen-bond acceptors (Lipinski definition) is 5. The molecule has 1 N–H and O–H groups in total. The Morgan fingerprint density at radius 3 is 2.07 bits per heavy atom. The number of carbonyl (C=O) groups is 3. The average Bonchev–Trinajstić information content (AvgIpc) is 2.68. The van der Waals surface area contributed by atoms with Gasteiger partial charge in [-0.25, -0.2) is 14.4 Å². The largest absolute Gasteiger partial charge is 0.465 e. The first-order valence-electron chi connectivity index (χ1n) is 8.91. The van der Waals surface area contributed by atoms with Crippen LogP contribution in [-0.4, -0.2) is 47.3 Å². The Morgan fingerprint density at radius 1 is 1.14 bits per heavy atom. The first kappa shape index (κ1) is 23.7. The lowest BCUT2D eigenvalue weighted by atomic mass is 9.89. The van der Waals surface area contributed by atoms with E-state index in [9.17, 15) is 19.5 Å². The lowest BCUT2D eigenvalue weighted by molar-refractivity contribution is -0.145. The van der Waals surface area contributed by atoms with Gasteiger partial charge in [-0.1, -0.05) is 43.5 Å². The second kappa shape index (κ2) is 10.3. The summed E-state index contributed by atoms with van der Waals surface area (Å²) in [6, 6.07) is 6.38. The van der Waals surface area contributed by atoms with Crippen molar-refractivity contribution in [2.75, 3.05) is 13.2 Å². The molecular weight excluding hydrogens is 374 g/mol. The molecule has 1 aromatic carbocycles. The lowest BCUT2D eigenvalue weighted by Gasteiger charge is -2.41. The minimum absolute atomic E-state index is 0.314. The van der Waals surface area contributed by atoms with Crippen molar-refractivity contribution >= 4 is 23.6 Å². The molecule has 1 rings (SSSR count). The van der Waals surface area contributed by atoms with Crippen molar-refractivity contribution in [3.05, 3.63) is 67.3 Å². The molecule has 0 atom stereocenters. The average molecular weight is 401 g/mol. The van der Waals surface area contributed by atoms with Gasteiger partial charge in [0.1, 0.15) is 19.3 Å². The second-order valence-corrected chi connectivity index (χ2v) is 6.89. The van der Waals surface area contributed by atoms with Crippen LogP contribution in [0.15, 0.2) is 56.2 Å². The van der Waals surface area contributed by atoms with E-state index in [0.717, 1.165) is 28.2 Å². The van der Waals surface area contributed by atoms with E-state index in [2.05, 4.69) is 19.7 Å². The summed E-state index contributed by atoms with van der Waals surface area (Å²) < 4.78 is 10.1. The number of rotatable bonds is 10. The highest BCUT2D eigenvalue weighted by Gasteiger charge is 2.39. The van der Waals surface area contributed by atoms with Gasteiger partial charge in [0.05, 0.1) is 5.54 Å². The first-order chi connectivity index (χ1) is 13.5. The molecule has 7 nitrogen and oxygen atoms in total. The molecule has 29 heavy (non-hydrogen) atoms. The Morgan fingerprint density at radius 2 is 1.66 bits per heavy atom. The Labute approximate surface area is 170 Å². The van der Waals surface area contributed by atoms with Crippen LogP contribution in [0.2, 0.25) is 0 Å². The van der Waals surface area contributed by atoms with Crippen LogP contribution in [0.3, 0.4) is 0 Å². The summed E-state index contributed by atoms with van der Waals surface area (Å²) >= 11 is 0. The Bertz CT molecular complexity index is 787. The third kappa shape index (κ3) is 6.34. The van der Waals surface area contributed by atoms with E-state index in [1.807, 2.05) is 25.1 Å². The van der Waals surface area contributed by atoms with Gasteiger partial charge in [0, 0.05) is 12.2 Å². The van der Waals surface area contributed by atoms with Crippen molar-refractivity contribution < 1.29 is 29.0 Å². The predicted octanol–water partition coefficient (Wildman–Crippen LogP) is 3.76. The fourth-order valence-electron chi connectivity index (χ4n) is 2.83. The van der Waals surface area contributed by atoms with Crippen LogP contribution in [0.5, 0.6) is 0 Å². The summed E-state index contributed by atoms with van der Waals surface area (Å²) in [5.74, 6) is -1.42. The smallest absolute Gasteiger partial charge is 0.408 e. The molecule has 0 radical (unpaired) electrons. The van der Waals surface area contributed by atoms with Crippen molar-refractivity contribution in [3.8, 4) is 0 Å². The van der Waals surface area contributed by atoms with E-state index < -0.39 is 29.6 Å². The monoisotopic (exact) mass is 401 g/mol. The number of benzene rings is 1. The number of hydrogen-bond donors (Lipinski definition) is 1. The molecule has 0 aliphatic carbocycles. The summed E-state index contributed by atoms with van der Waals surface area (Å²) in [5, 5.41) is 9.95. The predicted molar refractivity (Wildman–Crippen MR) is 110 cm³/mol. The number of esters is 2. The van der Waals surface area contributed by atoms with Gasteiger partial charge in [0.15, 0.2) is 0 Å². The van der Waals surface area contributed by atoms with E-state index in [-0.39, 0.29) is 13.2 Å². The fourth-order valence-corrected chi connectivity index (χ4v) is 2.83. The quantitative estimate of drug-likeness (QED) is 0.474. The molecule has 1 amide bonds. The van der Waals surface area contributed by atoms with Crippen molar-refractivity contribution in [3.63, 3.8) is 0 Å². The first-order valence-corrected chi connectivity index (χ1v) is 8.91. The van der Waals surface area contributed by atoms with E-state index >= 15 is 0 Å². The molecule has 1 aromatic rings. The maximum absolute atomic E-state index is 12.2. The number of carboxylic acid groups (broad SMARTS) is 1. The van der Waals surface area contributed by atoms with Crippen LogP contribution in [-0.2, 0) is 24.6 Å². The highest BCUT2D eigenvalue weighted by Crippen LogP contribution is 2.32. The molecule has 0 heterocycles. The van der Waals surface area contributed by atoms with E-state index in [1.54, 1.807) is 19.9 Å². The van der Waals surface area contributed by atoms with Crippen molar-refractivity contribution in [1.82, 2.24) is 4.90 Å². The molecule has 0 saturated heterocycles. The van der Waals surface area contributed by atoms with Crippen molar-refractivity contribution in [1.29, 1.82) is 0 Å². The zero-order valence-corrected chi connectivity index (χ0v) is 17.0. The number of carbonyl (C=O) groups excluding carboxylic acids is 2. The number of ether oxygens (including phenoxy) is 2. The molecule has 0 aliphatic rings. The topological polar surface area (TPSA) is 93.1 Å². The lowest BCUT2D eigenvalue weighted by Crippen LogP contribution is -2.54. The van der Waals surface area contributed by atoms with Crippen LogP contribution >= 0.6 is 0 Å². The minimum Gasteiger partial charge on any atom is -0.465 e. The van der Waals surface area contributed by atoms with Gasteiger partial charge in [-0.2, -0.15) is 0 Å². The summed E-state index contributed by atoms with van der Waals surface area (Å²) in [4.78, 5) is 36.3. The number of allylic oxidation sites excluding steroid dienone is 1. The van der Waals surface area contributed by atoms with Crippen molar-refractivity contribution in [2.24, 2.45) is 0 Å². The van der Waals surface area contributed by atoms with Crippen LogP contribution < -0.4 is 0 Å². The molecule has 156 valence electrons. The third-order valence-corrected chi connectivity index (χ3v) is 4.40. The van der Waals surface area contributed by atoms with Crippen LogP contribution in [0.1, 0.15) is 31.9 Å². The SMILES string of the molecule is C=CC(=O)OCC(COC(=O)C=C)N(C(=O)O)C(C)(C)c1cccc(C(=C)C)c1. The Hall–Kier alpha value is -3.35. The summed E-state index contributed by atoms with van der Waals surface area (Å²) in [7, 11) is 0. The zero-order valence-electron chi connectivity index (χ0n) is 17.0. The highest BCUT2D eigenvalue weighted by atomic mass is 16.5. The van der Waals surface area contributed by atoms with Crippen LogP contribution in [0.4, 0.5) is 4.79 Å². The van der Waals surface area contributed by atoms with Gasteiger partial charge < -0.3 is 14.6 Å². The minimum atomic E-state index is -1.26. The normalized spacial score (nSPS) is 10.8. The summed E-state index contributed by atoms with van der Waals surface area (Å²) in [5.41, 5.74) is 1.37. The zero-order chi connectivity index (χ0) is 22.2. The fraction of sp³-hybridized carbons (Fsp3) is 0.318. The molecule has 7 heteroatoms. The summed E-state index contributed by atoms with van der Waals surface area (Å²) in [6.45, 7) is 15.2. The number of nitrogens with zero attached hydrogens (tertiary/aromatic N) is 1. The summed E-state index contributed by atoms with van der Waals surface area (Å²) in [6.07, 6.45) is 0.684. The maximum atomic E-state index is 12.2. The van der Waals surface area contributed by atoms with Gasteiger partial charge in [0.25, 0.3) is 0 Å². The third-order valence-electron chi connectivity index (χ3n) is 4.40. The molecule has 0 spiro atoms. The Balaban J connectivity index is 3.33. The molecular formula is C22H27NO6. The molecule has 0 fully saturated rings. The highest BCUT2D eigenvalue weighted by molar-refractivity contribution is 5.81.